The number of aromatic nitrogens is 3. The molecule has 2 aromatic heterocycles. The predicted molar refractivity (Wildman–Crippen MR) is 98.3 cm³/mol. The van der Waals surface area contributed by atoms with E-state index in [9.17, 15) is 21.6 Å². The maximum absolute atomic E-state index is 12.8. The van der Waals surface area contributed by atoms with Crippen molar-refractivity contribution in [3.63, 3.8) is 0 Å². The van der Waals surface area contributed by atoms with Crippen LogP contribution in [0, 0.1) is 11.8 Å². The van der Waals surface area contributed by atoms with Gasteiger partial charge < -0.3 is 9.88 Å². The Kier molecular flexibility index (Phi) is 4.77. The summed E-state index contributed by atoms with van der Waals surface area (Å²) in [7, 11) is -1.75. The van der Waals surface area contributed by atoms with Gasteiger partial charge in [-0.1, -0.05) is 0 Å². The minimum absolute atomic E-state index is 0.0467. The molecule has 154 valence electrons. The van der Waals surface area contributed by atoms with Gasteiger partial charge in [0.25, 0.3) is 0 Å². The van der Waals surface area contributed by atoms with Crippen LogP contribution >= 0.6 is 0 Å². The fourth-order valence-electron chi connectivity index (χ4n) is 4.12. The van der Waals surface area contributed by atoms with Crippen molar-refractivity contribution in [1.29, 1.82) is 0 Å². The van der Waals surface area contributed by atoms with Crippen LogP contribution in [0.3, 0.4) is 0 Å². The van der Waals surface area contributed by atoms with E-state index in [0.717, 1.165) is 21.2 Å². The third-order valence-corrected chi connectivity index (χ3v) is 7.89. The summed E-state index contributed by atoms with van der Waals surface area (Å²) < 4.78 is 64.5. The molecular formula is C17H22F3N5O2S. The van der Waals surface area contributed by atoms with E-state index in [4.69, 9.17) is 0 Å². The molecule has 0 amide bonds. The van der Waals surface area contributed by atoms with Gasteiger partial charge in [0.2, 0.25) is 10.0 Å². The van der Waals surface area contributed by atoms with Crippen LogP contribution in [0.15, 0.2) is 18.6 Å². The van der Waals surface area contributed by atoms with Crippen molar-refractivity contribution in [1.82, 2.24) is 19.3 Å². The molecule has 1 saturated carbocycles. The van der Waals surface area contributed by atoms with E-state index >= 15 is 0 Å². The van der Waals surface area contributed by atoms with Gasteiger partial charge in [-0.05, 0) is 31.2 Å². The topological polar surface area (TPSA) is 82.2 Å². The van der Waals surface area contributed by atoms with E-state index < -0.39 is 28.7 Å². The number of fused-ring (bicyclic) bond motifs is 1. The van der Waals surface area contributed by atoms with Gasteiger partial charge in [-0.25, -0.2) is 22.7 Å². The first-order chi connectivity index (χ1) is 13.1. The molecule has 28 heavy (non-hydrogen) atoms. The molecule has 3 heterocycles. The quantitative estimate of drug-likeness (QED) is 0.808. The van der Waals surface area contributed by atoms with E-state index in [-0.39, 0.29) is 30.7 Å². The molecule has 7 nitrogen and oxygen atoms in total. The number of hydrogen-bond donors (Lipinski definition) is 1. The van der Waals surface area contributed by atoms with Gasteiger partial charge in [0.15, 0.2) is 0 Å². The lowest BCUT2D eigenvalue weighted by molar-refractivity contribution is -0.169. The van der Waals surface area contributed by atoms with Crippen molar-refractivity contribution in [2.24, 2.45) is 11.8 Å². The van der Waals surface area contributed by atoms with Gasteiger partial charge in [-0.15, -0.1) is 0 Å². The van der Waals surface area contributed by atoms with Crippen molar-refractivity contribution in [3.05, 3.63) is 18.6 Å². The number of aromatic amines is 1. The number of nitrogens with one attached hydrogen (secondary N) is 1. The second kappa shape index (κ2) is 6.87. The molecule has 2 aromatic rings. The Morgan fingerprint density at radius 3 is 2.75 bits per heavy atom. The molecule has 0 bridgehead atoms. The van der Waals surface area contributed by atoms with Gasteiger partial charge in [-0.3, -0.25) is 0 Å². The number of rotatable bonds is 5. The lowest BCUT2D eigenvalue weighted by Crippen LogP contribution is -2.47. The maximum atomic E-state index is 12.8. The Hall–Kier alpha value is -1.88. The largest absolute Gasteiger partial charge is 0.393 e. The highest BCUT2D eigenvalue weighted by Gasteiger charge is 2.47. The molecule has 1 aliphatic carbocycles. The van der Waals surface area contributed by atoms with Crippen LogP contribution in [-0.4, -0.2) is 65.8 Å². The normalized spacial score (nSPS) is 26.5. The van der Waals surface area contributed by atoms with E-state index in [2.05, 4.69) is 15.0 Å². The number of alkyl halides is 3. The molecule has 11 heteroatoms. The molecule has 1 saturated heterocycles. The zero-order valence-corrected chi connectivity index (χ0v) is 16.2. The van der Waals surface area contributed by atoms with Crippen LogP contribution < -0.4 is 4.90 Å². The first kappa shape index (κ1) is 19.4. The van der Waals surface area contributed by atoms with Crippen LogP contribution in [0.5, 0.6) is 0 Å². The van der Waals surface area contributed by atoms with E-state index in [1.54, 1.807) is 6.20 Å². The number of nitrogens with zero attached hydrogens (tertiary/aromatic N) is 4. The third kappa shape index (κ3) is 3.57. The molecule has 2 fully saturated rings. The summed E-state index contributed by atoms with van der Waals surface area (Å²) in [5.41, 5.74) is 0.739. The molecule has 1 N–H and O–H groups in total. The van der Waals surface area contributed by atoms with E-state index in [1.807, 2.05) is 18.0 Å². The molecule has 1 atom stereocenters. The summed E-state index contributed by atoms with van der Waals surface area (Å²) >= 11 is 0. The van der Waals surface area contributed by atoms with Crippen LogP contribution in [-0.2, 0) is 10.0 Å². The first-order valence-corrected chi connectivity index (χ1v) is 10.8. The average Bonchev–Trinajstić information content (AvgIpc) is 3.25. The molecule has 0 aromatic carbocycles. The Morgan fingerprint density at radius 2 is 2.07 bits per heavy atom. The SMILES string of the molecule is CN(c1ncnc2[nH]ccc12)[C@H]1C[C@@H](CS(=O)(=O)N2CCC(C(F)(F)F)C2)C1. The summed E-state index contributed by atoms with van der Waals surface area (Å²) in [6.07, 6.45) is 0.117. The smallest absolute Gasteiger partial charge is 0.356 e. The van der Waals surface area contributed by atoms with Gasteiger partial charge in [-0.2, -0.15) is 13.2 Å². The zero-order chi connectivity index (χ0) is 20.1. The highest BCUT2D eigenvalue weighted by molar-refractivity contribution is 7.89. The molecule has 1 unspecified atom stereocenters. The van der Waals surface area contributed by atoms with Crippen LogP contribution in [0.2, 0.25) is 0 Å². The van der Waals surface area contributed by atoms with Crippen LogP contribution in [0.1, 0.15) is 19.3 Å². The van der Waals surface area contributed by atoms with Gasteiger partial charge in [0, 0.05) is 32.4 Å². The summed E-state index contributed by atoms with van der Waals surface area (Å²) in [5.74, 6) is -0.911. The van der Waals surface area contributed by atoms with Crippen LogP contribution in [0.25, 0.3) is 11.0 Å². The monoisotopic (exact) mass is 417 g/mol. The number of halogens is 3. The number of H-pyrrole nitrogens is 1. The van der Waals surface area contributed by atoms with Crippen molar-refractivity contribution in [2.75, 3.05) is 30.8 Å². The Bertz CT molecular complexity index is 955. The predicted octanol–water partition coefficient (Wildman–Crippen LogP) is 2.39. The van der Waals surface area contributed by atoms with Gasteiger partial charge in [0.05, 0.1) is 17.1 Å². The Morgan fingerprint density at radius 1 is 1.32 bits per heavy atom. The Labute approximate surface area is 161 Å². The number of hydrogen-bond acceptors (Lipinski definition) is 5. The lowest BCUT2D eigenvalue weighted by atomic mass is 9.81. The molecule has 1 aliphatic heterocycles. The molecular weight excluding hydrogens is 395 g/mol. The fourth-order valence-corrected chi connectivity index (χ4v) is 5.99. The highest BCUT2D eigenvalue weighted by atomic mass is 32.2. The van der Waals surface area contributed by atoms with Gasteiger partial charge >= 0.3 is 6.18 Å². The second-order valence-electron chi connectivity index (χ2n) is 7.70. The van der Waals surface area contributed by atoms with Crippen molar-refractivity contribution < 1.29 is 21.6 Å². The number of sulfonamides is 1. The lowest BCUT2D eigenvalue weighted by Gasteiger charge is -2.42. The van der Waals surface area contributed by atoms with Crippen molar-refractivity contribution in [2.45, 2.75) is 31.5 Å². The molecule has 4 rings (SSSR count). The summed E-state index contributed by atoms with van der Waals surface area (Å²) in [4.78, 5) is 13.6. The van der Waals surface area contributed by atoms with E-state index in [1.165, 1.54) is 6.33 Å². The van der Waals surface area contributed by atoms with Gasteiger partial charge in [0.1, 0.15) is 17.8 Å². The standard InChI is InChI=1S/C17H22F3N5O2S/c1-24(16-14-2-4-21-15(14)22-10-23-16)13-6-11(7-13)9-28(26,27)25-5-3-12(8-25)17(18,19)20/h2,4,10-13H,3,5-9H2,1H3,(H,21,22,23)/t11-,12?,13+. The zero-order valence-electron chi connectivity index (χ0n) is 15.4. The fraction of sp³-hybridized carbons (Fsp3) is 0.647. The Balaban J connectivity index is 1.35. The summed E-state index contributed by atoms with van der Waals surface area (Å²) in [6.45, 7) is -0.497. The van der Waals surface area contributed by atoms with Crippen LogP contribution in [0.4, 0.5) is 19.0 Å². The molecule has 2 aliphatic rings. The first-order valence-electron chi connectivity index (χ1n) is 9.20. The summed E-state index contributed by atoms with van der Waals surface area (Å²) in [6, 6.07) is 2.04. The summed E-state index contributed by atoms with van der Waals surface area (Å²) in [5, 5.41) is 0.899. The van der Waals surface area contributed by atoms with Crippen molar-refractivity contribution in [3.8, 4) is 0 Å². The average molecular weight is 417 g/mol. The minimum Gasteiger partial charge on any atom is -0.356 e. The highest BCUT2D eigenvalue weighted by Crippen LogP contribution is 2.38. The number of anilines is 1. The van der Waals surface area contributed by atoms with E-state index in [0.29, 0.717) is 12.8 Å². The molecule has 0 radical (unpaired) electrons. The maximum Gasteiger partial charge on any atom is 0.393 e. The minimum atomic E-state index is -4.34. The third-order valence-electron chi connectivity index (χ3n) is 5.88. The van der Waals surface area contributed by atoms with Crippen molar-refractivity contribution >= 4 is 26.9 Å². The molecule has 0 spiro atoms. The second-order valence-corrected chi connectivity index (χ2v) is 9.72.